The number of hydrogen-bond donors (Lipinski definition) is 1. The van der Waals surface area contributed by atoms with Gasteiger partial charge >= 0.3 is 0 Å². The van der Waals surface area contributed by atoms with E-state index in [1.165, 1.54) is 24.3 Å². The lowest BCUT2D eigenvalue weighted by atomic mass is 10.2. The van der Waals surface area contributed by atoms with Crippen LogP contribution in [-0.4, -0.2) is 13.5 Å². The van der Waals surface area contributed by atoms with Gasteiger partial charge in [-0.25, -0.2) is 8.42 Å². The first kappa shape index (κ1) is 12.6. The Labute approximate surface area is 107 Å². The summed E-state index contributed by atoms with van der Waals surface area (Å²) in [6, 6.07) is 14.7. The van der Waals surface area contributed by atoms with Crippen LogP contribution in [-0.2, 0) is 9.84 Å². The van der Waals surface area contributed by atoms with Crippen molar-refractivity contribution in [3.63, 3.8) is 0 Å². The molecule has 0 fully saturated rings. The number of rotatable bonds is 3. The summed E-state index contributed by atoms with van der Waals surface area (Å²) in [6.07, 6.45) is 0. The van der Waals surface area contributed by atoms with Crippen LogP contribution in [0.3, 0.4) is 0 Å². The number of aromatic hydroxyl groups is 1. The van der Waals surface area contributed by atoms with Gasteiger partial charge in [0.15, 0.2) is 9.84 Å². The minimum Gasteiger partial charge on any atom is -0.508 e. The molecule has 0 radical (unpaired) electrons. The maximum Gasteiger partial charge on any atom is 0.185 e. The minimum absolute atomic E-state index is 0.0568. The SMILES string of the molecule is CC(c1ccccc1)S(=O)(=O)c1ccc(O)cc1. The molecule has 1 N–H and O–H groups in total. The van der Waals surface area contributed by atoms with Gasteiger partial charge in [-0.3, -0.25) is 0 Å². The lowest BCUT2D eigenvalue weighted by molar-refractivity contribution is 0.474. The van der Waals surface area contributed by atoms with Crippen molar-refractivity contribution in [3.8, 4) is 5.75 Å². The second-order valence-corrected chi connectivity index (χ2v) is 6.36. The first-order valence-electron chi connectivity index (χ1n) is 5.59. The molecule has 0 aromatic heterocycles. The van der Waals surface area contributed by atoms with E-state index in [1.807, 2.05) is 18.2 Å². The summed E-state index contributed by atoms with van der Waals surface area (Å²) < 4.78 is 24.7. The second kappa shape index (κ2) is 4.82. The molecular weight excluding hydrogens is 248 g/mol. The van der Waals surface area contributed by atoms with Crippen LogP contribution in [0.1, 0.15) is 17.7 Å². The van der Waals surface area contributed by atoms with Crippen LogP contribution in [0.4, 0.5) is 0 Å². The van der Waals surface area contributed by atoms with Gasteiger partial charge in [-0.2, -0.15) is 0 Å². The normalized spacial score (nSPS) is 13.2. The molecule has 0 aliphatic rings. The summed E-state index contributed by atoms with van der Waals surface area (Å²) in [6.45, 7) is 1.66. The van der Waals surface area contributed by atoms with Gasteiger partial charge in [0.2, 0.25) is 0 Å². The first-order chi connectivity index (χ1) is 8.51. The fourth-order valence-corrected chi connectivity index (χ4v) is 3.18. The van der Waals surface area contributed by atoms with Crippen LogP contribution in [0.2, 0.25) is 0 Å². The molecule has 94 valence electrons. The summed E-state index contributed by atoms with van der Waals surface area (Å²) in [4.78, 5) is 0.219. The zero-order valence-electron chi connectivity index (χ0n) is 9.95. The molecule has 0 bridgehead atoms. The Hall–Kier alpha value is -1.81. The third-order valence-corrected chi connectivity index (χ3v) is 5.03. The molecule has 1 unspecified atom stereocenters. The average molecular weight is 262 g/mol. The molecule has 18 heavy (non-hydrogen) atoms. The van der Waals surface area contributed by atoms with E-state index in [-0.39, 0.29) is 10.6 Å². The Morgan fingerprint density at radius 3 is 2.06 bits per heavy atom. The fraction of sp³-hybridized carbons (Fsp3) is 0.143. The third-order valence-electron chi connectivity index (χ3n) is 2.90. The fourth-order valence-electron chi connectivity index (χ4n) is 1.74. The number of hydrogen-bond acceptors (Lipinski definition) is 3. The van der Waals surface area contributed by atoms with Crippen LogP contribution in [0, 0.1) is 0 Å². The van der Waals surface area contributed by atoms with Crippen molar-refractivity contribution in [2.75, 3.05) is 0 Å². The van der Waals surface area contributed by atoms with Gasteiger partial charge in [0.25, 0.3) is 0 Å². The molecule has 0 spiro atoms. The van der Waals surface area contributed by atoms with Gasteiger partial charge in [-0.15, -0.1) is 0 Å². The van der Waals surface area contributed by atoms with E-state index in [1.54, 1.807) is 19.1 Å². The average Bonchev–Trinajstić information content (AvgIpc) is 2.39. The van der Waals surface area contributed by atoms with Crippen LogP contribution >= 0.6 is 0 Å². The lowest BCUT2D eigenvalue weighted by Crippen LogP contribution is -2.10. The number of sulfone groups is 1. The Morgan fingerprint density at radius 1 is 0.944 bits per heavy atom. The molecular formula is C14H14O3S. The van der Waals surface area contributed by atoms with E-state index < -0.39 is 15.1 Å². The van der Waals surface area contributed by atoms with Gasteiger partial charge < -0.3 is 5.11 Å². The monoisotopic (exact) mass is 262 g/mol. The van der Waals surface area contributed by atoms with E-state index in [2.05, 4.69) is 0 Å². The summed E-state index contributed by atoms with van der Waals surface area (Å²) in [5.74, 6) is 0.0568. The van der Waals surface area contributed by atoms with E-state index in [0.717, 1.165) is 5.56 Å². The Morgan fingerprint density at radius 2 is 1.50 bits per heavy atom. The van der Waals surface area contributed by atoms with Crippen LogP contribution < -0.4 is 0 Å². The van der Waals surface area contributed by atoms with Crippen molar-refractivity contribution in [2.24, 2.45) is 0 Å². The van der Waals surface area contributed by atoms with E-state index in [4.69, 9.17) is 0 Å². The molecule has 4 heteroatoms. The molecule has 2 rings (SSSR count). The topological polar surface area (TPSA) is 54.4 Å². The van der Waals surface area contributed by atoms with Crippen LogP contribution in [0.5, 0.6) is 5.75 Å². The van der Waals surface area contributed by atoms with Gasteiger partial charge in [0.1, 0.15) is 5.75 Å². The molecule has 2 aromatic carbocycles. The highest BCUT2D eigenvalue weighted by Gasteiger charge is 2.24. The van der Waals surface area contributed by atoms with Crippen LogP contribution in [0.25, 0.3) is 0 Å². The summed E-state index contributed by atoms with van der Waals surface area (Å²) in [5.41, 5.74) is 0.755. The molecule has 0 amide bonds. The Kier molecular flexibility index (Phi) is 3.39. The smallest absolute Gasteiger partial charge is 0.185 e. The molecule has 0 saturated heterocycles. The minimum atomic E-state index is -3.42. The van der Waals surface area contributed by atoms with Crippen LogP contribution in [0.15, 0.2) is 59.5 Å². The molecule has 0 heterocycles. The van der Waals surface area contributed by atoms with Gasteiger partial charge in [0.05, 0.1) is 10.1 Å². The predicted octanol–water partition coefficient (Wildman–Crippen LogP) is 2.93. The summed E-state index contributed by atoms with van der Waals surface area (Å²) in [7, 11) is -3.42. The Bertz CT molecular complexity index is 616. The molecule has 0 aliphatic carbocycles. The summed E-state index contributed by atoms with van der Waals surface area (Å²) in [5, 5.41) is 8.58. The quantitative estimate of drug-likeness (QED) is 0.925. The van der Waals surface area contributed by atoms with Crippen molar-refractivity contribution in [1.29, 1.82) is 0 Å². The maximum absolute atomic E-state index is 12.4. The largest absolute Gasteiger partial charge is 0.508 e. The van der Waals surface area contributed by atoms with Gasteiger partial charge in [-0.05, 0) is 36.8 Å². The van der Waals surface area contributed by atoms with Crippen molar-refractivity contribution in [1.82, 2.24) is 0 Å². The highest BCUT2D eigenvalue weighted by Crippen LogP contribution is 2.28. The maximum atomic E-state index is 12.4. The van der Waals surface area contributed by atoms with Crippen molar-refractivity contribution in [3.05, 3.63) is 60.2 Å². The van der Waals surface area contributed by atoms with Gasteiger partial charge in [-0.1, -0.05) is 30.3 Å². The second-order valence-electron chi connectivity index (χ2n) is 4.09. The molecule has 3 nitrogen and oxygen atoms in total. The third kappa shape index (κ3) is 2.38. The van der Waals surface area contributed by atoms with E-state index >= 15 is 0 Å². The standard InChI is InChI=1S/C14H14O3S/c1-11(12-5-3-2-4-6-12)18(16,17)14-9-7-13(15)8-10-14/h2-11,15H,1H3. The van der Waals surface area contributed by atoms with Gasteiger partial charge in [0, 0.05) is 0 Å². The predicted molar refractivity (Wildman–Crippen MR) is 70.1 cm³/mol. The van der Waals surface area contributed by atoms with Crippen molar-refractivity contribution < 1.29 is 13.5 Å². The van der Waals surface area contributed by atoms with Crippen molar-refractivity contribution in [2.45, 2.75) is 17.1 Å². The first-order valence-corrected chi connectivity index (χ1v) is 7.14. The highest BCUT2D eigenvalue weighted by molar-refractivity contribution is 7.91. The molecule has 0 aliphatic heterocycles. The molecule has 0 saturated carbocycles. The van der Waals surface area contributed by atoms with E-state index in [9.17, 15) is 13.5 Å². The Balaban J connectivity index is 2.40. The summed E-state index contributed by atoms with van der Waals surface area (Å²) >= 11 is 0. The number of phenols is 1. The zero-order valence-corrected chi connectivity index (χ0v) is 10.8. The number of benzene rings is 2. The highest BCUT2D eigenvalue weighted by atomic mass is 32.2. The zero-order chi connectivity index (χ0) is 13.2. The van der Waals surface area contributed by atoms with E-state index in [0.29, 0.717) is 0 Å². The molecule has 1 atom stereocenters. The number of phenolic OH excluding ortho intramolecular Hbond substituents is 1. The molecule has 2 aromatic rings. The van der Waals surface area contributed by atoms with Crippen molar-refractivity contribution >= 4 is 9.84 Å². The lowest BCUT2D eigenvalue weighted by Gasteiger charge is -2.13.